The fraction of sp³-hybridized carbons (Fsp3) is 0.333. The van der Waals surface area contributed by atoms with Gasteiger partial charge < -0.3 is 14.7 Å². The van der Waals surface area contributed by atoms with Crippen molar-refractivity contribution in [1.29, 1.82) is 0 Å². The summed E-state index contributed by atoms with van der Waals surface area (Å²) in [6.07, 6.45) is 0.211. The van der Waals surface area contributed by atoms with Crippen LogP contribution < -0.4 is 4.90 Å². The molecule has 0 bridgehead atoms. The van der Waals surface area contributed by atoms with E-state index in [1.165, 1.54) is 11.0 Å². The molecule has 5 nitrogen and oxygen atoms in total. The van der Waals surface area contributed by atoms with E-state index in [4.69, 9.17) is 4.74 Å². The van der Waals surface area contributed by atoms with E-state index in [0.29, 0.717) is 12.3 Å². The zero-order valence-corrected chi connectivity index (χ0v) is 9.47. The molecule has 0 fully saturated rings. The van der Waals surface area contributed by atoms with Crippen molar-refractivity contribution in [2.75, 3.05) is 18.1 Å². The third-order valence-corrected chi connectivity index (χ3v) is 2.59. The summed E-state index contributed by atoms with van der Waals surface area (Å²) in [6, 6.07) is 4.67. The number of anilines is 1. The van der Waals surface area contributed by atoms with Gasteiger partial charge >= 0.3 is 5.97 Å². The number of aromatic hydroxyl groups is 1. The zero-order chi connectivity index (χ0) is 12.4. The van der Waals surface area contributed by atoms with Crippen LogP contribution >= 0.6 is 0 Å². The van der Waals surface area contributed by atoms with Crippen molar-refractivity contribution in [3.8, 4) is 5.75 Å². The highest BCUT2D eigenvalue weighted by atomic mass is 16.5. The van der Waals surface area contributed by atoms with Gasteiger partial charge in [-0.25, -0.2) is 0 Å². The van der Waals surface area contributed by atoms with Gasteiger partial charge in [-0.2, -0.15) is 0 Å². The first-order valence-corrected chi connectivity index (χ1v) is 5.39. The molecule has 0 saturated carbocycles. The summed E-state index contributed by atoms with van der Waals surface area (Å²) in [5.41, 5.74) is 1.40. The average Bonchev–Trinajstić information content (AvgIpc) is 2.55. The second-order valence-corrected chi connectivity index (χ2v) is 3.77. The largest absolute Gasteiger partial charge is 0.508 e. The van der Waals surface area contributed by atoms with Crippen LogP contribution in [0.25, 0.3) is 0 Å². The first-order chi connectivity index (χ1) is 8.11. The smallest absolute Gasteiger partial charge is 0.326 e. The van der Waals surface area contributed by atoms with Crippen LogP contribution in [0.4, 0.5) is 5.69 Å². The molecule has 1 aliphatic heterocycles. The Labute approximate surface area is 98.6 Å². The van der Waals surface area contributed by atoms with Gasteiger partial charge in [0.2, 0.25) is 5.91 Å². The quantitative estimate of drug-likeness (QED) is 0.788. The van der Waals surface area contributed by atoms with Gasteiger partial charge in [-0.05, 0) is 30.7 Å². The molecule has 5 heteroatoms. The third-order valence-electron chi connectivity index (χ3n) is 2.59. The number of phenolic OH excluding ortho intramolecular Hbond substituents is 1. The van der Waals surface area contributed by atoms with Crippen molar-refractivity contribution in [3.05, 3.63) is 23.8 Å². The number of hydrogen-bond acceptors (Lipinski definition) is 4. The maximum absolute atomic E-state index is 11.7. The Morgan fingerprint density at radius 3 is 3.00 bits per heavy atom. The number of phenols is 1. The number of amides is 1. The number of fused-ring (bicyclic) bond motifs is 1. The van der Waals surface area contributed by atoms with Gasteiger partial charge in [0.25, 0.3) is 0 Å². The second-order valence-electron chi connectivity index (χ2n) is 3.77. The van der Waals surface area contributed by atoms with Crippen molar-refractivity contribution in [2.45, 2.75) is 13.3 Å². The molecule has 1 aromatic carbocycles. The summed E-state index contributed by atoms with van der Waals surface area (Å²) in [6.45, 7) is 1.93. The fourth-order valence-electron chi connectivity index (χ4n) is 1.88. The summed E-state index contributed by atoms with van der Waals surface area (Å²) in [5.74, 6) is -0.463. The normalized spacial score (nSPS) is 13.7. The fourth-order valence-corrected chi connectivity index (χ4v) is 1.88. The highest BCUT2D eigenvalue weighted by molar-refractivity contribution is 6.04. The van der Waals surface area contributed by atoms with Gasteiger partial charge in [-0.3, -0.25) is 9.59 Å². The van der Waals surface area contributed by atoms with Crippen molar-refractivity contribution in [2.24, 2.45) is 0 Å². The van der Waals surface area contributed by atoms with E-state index in [-0.39, 0.29) is 24.6 Å². The molecule has 1 heterocycles. The molecule has 0 spiro atoms. The van der Waals surface area contributed by atoms with E-state index < -0.39 is 5.97 Å². The molecule has 0 aliphatic carbocycles. The predicted octanol–water partition coefficient (Wildman–Crippen LogP) is 0.844. The van der Waals surface area contributed by atoms with Gasteiger partial charge in [-0.1, -0.05) is 0 Å². The van der Waals surface area contributed by atoms with E-state index in [0.717, 1.165) is 5.56 Å². The lowest BCUT2D eigenvalue weighted by molar-refractivity contribution is -0.142. The molecule has 0 atom stereocenters. The van der Waals surface area contributed by atoms with Crippen molar-refractivity contribution in [3.63, 3.8) is 0 Å². The first-order valence-electron chi connectivity index (χ1n) is 5.39. The molecular weight excluding hydrogens is 222 g/mol. The van der Waals surface area contributed by atoms with Gasteiger partial charge in [0.05, 0.1) is 13.0 Å². The second kappa shape index (κ2) is 4.45. The topological polar surface area (TPSA) is 66.8 Å². The van der Waals surface area contributed by atoms with E-state index in [9.17, 15) is 14.7 Å². The lowest BCUT2D eigenvalue weighted by atomic mass is 10.1. The number of carbonyl (C=O) groups excluding carboxylic acids is 2. The number of benzene rings is 1. The molecule has 90 valence electrons. The summed E-state index contributed by atoms with van der Waals surface area (Å²) in [7, 11) is 0. The first kappa shape index (κ1) is 11.4. The van der Waals surface area contributed by atoms with Crippen LogP contribution in [0.5, 0.6) is 5.75 Å². The third kappa shape index (κ3) is 2.22. The molecule has 0 saturated heterocycles. The summed E-state index contributed by atoms with van der Waals surface area (Å²) in [4.78, 5) is 24.5. The minimum atomic E-state index is -0.429. The van der Waals surface area contributed by atoms with Gasteiger partial charge in [0.15, 0.2) is 0 Å². The zero-order valence-electron chi connectivity index (χ0n) is 9.47. The minimum Gasteiger partial charge on any atom is -0.508 e. The van der Waals surface area contributed by atoms with Crippen LogP contribution in [0.2, 0.25) is 0 Å². The van der Waals surface area contributed by atoms with Crippen LogP contribution in [0.3, 0.4) is 0 Å². The van der Waals surface area contributed by atoms with Gasteiger partial charge in [0, 0.05) is 5.69 Å². The Morgan fingerprint density at radius 1 is 1.53 bits per heavy atom. The van der Waals surface area contributed by atoms with Crippen molar-refractivity contribution < 1.29 is 19.4 Å². The Bertz CT molecular complexity index is 470. The molecule has 2 rings (SSSR count). The lowest BCUT2D eigenvalue weighted by Crippen LogP contribution is -2.33. The number of hydrogen-bond donors (Lipinski definition) is 1. The van der Waals surface area contributed by atoms with Crippen LogP contribution in [-0.2, 0) is 20.7 Å². The highest BCUT2D eigenvalue weighted by Crippen LogP contribution is 2.31. The number of carbonyl (C=O) groups is 2. The van der Waals surface area contributed by atoms with E-state index in [1.807, 2.05) is 0 Å². The minimum absolute atomic E-state index is 0.0789. The van der Waals surface area contributed by atoms with E-state index >= 15 is 0 Å². The predicted molar refractivity (Wildman–Crippen MR) is 60.8 cm³/mol. The molecule has 1 amide bonds. The molecule has 1 aromatic rings. The molecule has 1 N–H and O–H groups in total. The molecule has 17 heavy (non-hydrogen) atoms. The molecule has 0 radical (unpaired) electrons. The maximum atomic E-state index is 11.7. The van der Waals surface area contributed by atoms with Crippen LogP contribution in [0.1, 0.15) is 12.5 Å². The van der Waals surface area contributed by atoms with Crippen LogP contribution in [-0.4, -0.2) is 30.1 Å². The molecule has 0 unspecified atom stereocenters. The number of esters is 1. The number of rotatable bonds is 3. The lowest BCUT2D eigenvalue weighted by Gasteiger charge is -2.16. The van der Waals surface area contributed by atoms with Gasteiger partial charge in [-0.15, -0.1) is 0 Å². The number of nitrogens with zero attached hydrogens (tertiary/aromatic N) is 1. The number of ether oxygens (including phenoxy) is 1. The van der Waals surface area contributed by atoms with Crippen molar-refractivity contribution >= 4 is 17.6 Å². The monoisotopic (exact) mass is 235 g/mol. The Morgan fingerprint density at radius 2 is 2.29 bits per heavy atom. The summed E-state index contributed by atoms with van der Waals surface area (Å²) >= 11 is 0. The average molecular weight is 235 g/mol. The van der Waals surface area contributed by atoms with Gasteiger partial charge in [0.1, 0.15) is 12.3 Å². The Kier molecular flexibility index (Phi) is 2.99. The maximum Gasteiger partial charge on any atom is 0.326 e. The molecule has 1 aliphatic rings. The molecular formula is C12H13NO4. The van der Waals surface area contributed by atoms with E-state index in [2.05, 4.69) is 0 Å². The van der Waals surface area contributed by atoms with E-state index in [1.54, 1.807) is 19.1 Å². The van der Waals surface area contributed by atoms with Crippen LogP contribution in [0, 0.1) is 0 Å². The molecule has 0 aromatic heterocycles. The highest BCUT2D eigenvalue weighted by Gasteiger charge is 2.29. The summed E-state index contributed by atoms with van der Waals surface area (Å²) < 4.78 is 4.81. The Balaban J connectivity index is 2.20. The van der Waals surface area contributed by atoms with Crippen molar-refractivity contribution in [1.82, 2.24) is 0 Å². The Hall–Kier alpha value is -2.04. The summed E-state index contributed by atoms with van der Waals surface area (Å²) in [5, 5.41) is 9.31. The standard InChI is InChI=1S/C12H13NO4/c1-2-17-12(16)7-13-10-4-3-9(14)5-8(10)6-11(13)15/h3-5,14H,2,6-7H2,1H3. The van der Waals surface area contributed by atoms with Crippen LogP contribution in [0.15, 0.2) is 18.2 Å². The SMILES string of the molecule is CCOC(=O)CN1C(=O)Cc2cc(O)ccc21.